The Hall–Kier alpha value is -1.10. The van der Waals surface area contributed by atoms with Gasteiger partial charge in [0.25, 0.3) is 0 Å². The average molecular weight is 268 g/mol. The lowest BCUT2D eigenvalue weighted by Crippen LogP contribution is -2.45. The molecule has 2 aliphatic heterocycles. The molecule has 1 amide bonds. The van der Waals surface area contributed by atoms with Crippen molar-refractivity contribution < 1.29 is 14.3 Å². The van der Waals surface area contributed by atoms with Crippen LogP contribution in [0.25, 0.3) is 0 Å². The normalized spacial score (nSPS) is 24.5. The summed E-state index contributed by atoms with van der Waals surface area (Å²) in [6.07, 6.45) is 4.20. The smallest absolute Gasteiger partial charge is 0.320 e. The van der Waals surface area contributed by atoms with Gasteiger partial charge in [-0.25, -0.2) is 0 Å². The molecule has 0 saturated carbocycles. The fraction of sp³-hybridized carbons (Fsp3) is 0.857. The number of carbonyl (C=O) groups is 2. The van der Waals surface area contributed by atoms with Gasteiger partial charge in [-0.3, -0.25) is 14.5 Å². The number of amides is 1. The molecule has 2 saturated heterocycles. The van der Waals surface area contributed by atoms with Gasteiger partial charge in [0.05, 0.1) is 19.1 Å². The minimum Gasteiger partial charge on any atom is -0.465 e. The summed E-state index contributed by atoms with van der Waals surface area (Å²) >= 11 is 0. The maximum Gasteiger partial charge on any atom is 0.320 e. The van der Waals surface area contributed by atoms with E-state index >= 15 is 0 Å². The van der Waals surface area contributed by atoms with Gasteiger partial charge in [0.2, 0.25) is 5.91 Å². The summed E-state index contributed by atoms with van der Waals surface area (Å²) < 4.78 is 4.96. The molecule has 5 heteroatoms. The van der Waals surface area contributed by atoms with Crippen molar-refractivity contribution in [1.82, 2.24) is 9.80 Å². The zero-order chi connectivity index (χ0) is 13.7. The van der Waals surface area contributed by atoms with Crippen LogP contribution in [0.1, 0.15) is 32.6 Å². The molecule has 0 aromatic heterocycles. The maximum absolute atomic E-state index is 12.3. The lowest BCUT2D eigenvalue weighted by atomic mass is 9.96. The number of carbonyl (C=O) groups excluding carboxylic acids is 2. The Kier molecular flexibility index (Phi) is 5.19. The second-order valence-corrected chi connectivity index (χ2v) is 5.41. The van der Waals surface area contributed by atoms with E-state index in [1.54, 1.807) is 0 Å². The van der Waals surface area contributed by atoms with E-state index in [-0.39, 0.29) is 17.8 Å². The van der Waals surface area contributed by atoms with Gasteiger partial charge in [0.1, 0.15) is 0 Å². The largest absolute Gasteiger partial charge is 0.465 e. The molecule has 0 N–H and O–H groups in total. The van der Waals surface area contributed by atoms with E-state index in [0.29, 0.717) is 19.7 Å². The Labute approximate surface area is 114 Å². The minimum absolute atomic E-state index is 0.0706. The van der Waals surface area contributed by atoms with Crippen molar-refractivity contribution >= 4 is 11.9 Å². The Balaban J connectivity index is 1.82. The first-order valence-electron chi connectivity index (χ1n) is 7.37. The summed E-state index contributed by atoms with van der Waals surface area (Å²) in [5.41, 5.74) is 0. The van der Waals surface area contributed by atoms with Crippen LogP contribution in [0.2, 0.25) is 0 Å². The summed E-state index contributed by atoms with van der Waals surface area (Å²) in [6.45, 7) is 5.96. The first-order valence-corrected chi connectivity index (χ1v) is 7.37. The highest BCUT2D eigenvalue weighted by molar-refractivity contribution is 5.79. The summed E-state index contributed by atoms with van der Waals surface area (Å²) in [6, 6.07) is 0. The lowest BCUT2D eigenvalue weighted by Gasteiger charge is -2.33. The fourth-order valence-electron chi connectivity index (χ4n) is 2.99. The molecule has 0 aromatic carbocycles. The van der Waals surface area contributed by atoms with Crippen molar-refractivity contribution in [3.05, 3.63) is 0 Å². The molecule has 0 aliphatic carbocycles. The topological polar surface area (TPSA) is 49.9 Å². The summed E-state index contributed by atoms with van der Waals surface area (Å²) in [5, 5.41) is 0. The van der Waals surface area contributed by atoms with E-state index in [0.717, 1.165) is 45.3 Å². The monoisotopic (exact) mass is 268 g/mol. The number of piperidine rings is 1. The first kappa shape index (κ1) is 14.3. The van der Waals surface area contributed by atoms with E-state index in [1.807, 2.05) is 11.8 Å². The van der Waals surface area contributed by atoms with Gasteiger partial charge in [-0.05, 0) is 39.2 Å². The van der Waals surface area contributed by atoms with Gasteiger partial charge in [0.15, 0.2) is 0 Å². The average Bonchev–Trinajstić information content (AvgIpc) is 2.92. The highest BCUT2D eigenvalue weighted by Crippen LogP contribution is 2.21. The number of likely N-dealkylation sites (tertiary alicyclic amines) is 2. The first-order chi connectivity index (χ1) is 9.20. The molecule has 0 spiro atoms. The van der Waals surface area contributed by atoms with Crippen molar-refractivity contribution in [2.45, 2.75) is 32.6 Å². The number of esters is 1. The van der Waals surface area contributed by atoms with Gasteiger partial charge >= 0.3 is 5.97 Å². The van der Waals surface area contributed by atoms with Crippen molar-refractivity contribution in [2.75, 3.05) is 39.3 Å². The zero-order valence-corrected chi connectivity index (χ0v) is 11.8. The molecule has 19 heavy (non-hydrogen) atoms. The summed E-state index contributed by atoms with van der Waals surface area (Å²) in [4.78, 5) is 27.9. The minimum atomic E-state index is -0.184. The predicted octanol–water partition coefficient (Wildman–Crippen LogP) is 0.884. The van der Waals surface area contributed by atoms with Crippen LogP contribution in [0.15, 0.2) is 0 Å². The van der Waals surface area contributed by atoms with E-state index in [9.17, 15) is 9.59 Å². The van der Waals surface area contributed by atoms with Crippen LogP contribution in [0.3, 0.4) is 0 Å². The molecule has 0 bridgehead atoms. The van der Waals surface area contributed by atoms with E-state index < -0.39 is 0 Å². The Morgan fingerprint density at radius 3 is 2.58 bits per heavy atom. The Bertz CT molecular complexity index is 327. The third-order valence-electron chi connectivity index (χ3n) is 3.93. The van der Waals surface area contributed by atoms with E-state index in [1.165, 1.54) is 0 Å². The molecule has 0 aromatic rings. The SMILES string of the molecule is CCOC(=O)CN1CCC[C@@H](C(=O)N2CCCC2)C1. The van der Waals surface area contributed by atoms with Crippen LogP contribution in [-0.4, -0.2) is 61.0 Å². The zero-order valence-electron chi connectivity index (χ0n) is 11.8. The summed E-state index contributed by atoms with van der Waals surface area (Å²) in [7, 11) is 0. The second kappa shape index (κ2) is 6.89. The van der Waals surface area contributed by atoms with Crippen LogP contribution in [-0.2, 0) is 14.3 Å². The molecule has 2 aliphatic rings. The molecule has 2 fully saturated rings. The molecule has 0 radical (unpaired) electrons. The van der Waals surface area contributed by atoms with Crippen molar-refractivity contribution in [3.63, 3.8) is 0 Å². The molecule has 5 nitrogen and oxygen atoms in total. The molecule has 2 rings (SSSR count). The summed E-state index contributed by atoms with van der Waals surface area (Å²) in [5.74, 6) is 0.170. The highest BCUT2D eigenvalue weighted by atomic mass is 16.5. The van der Waals surface area contributed by atoms with Gasteiger partial charge in [0, 0.05) is 19.6 Å². The van der Waals surface area contributed by atoms with Crippen LogP contribution < -0.4 is 0 Å². The molecule has 108 valence electrons. The van der Waals surface area contributed by atoms with Crippen LogP contribution in [0.4, 0.5) is 0 Å². The fourth-order valence-corrected chi connectivity index (χ4v) is 2.99. The van der Waals surface area contributed by atoms with E-state index in [4.69, 9.17) is 4.74 Å². The quantitative estimate of drug-likeness (QED) is 0.710. The van der Waals surface area contributed by atoms with Gasteiger partial charge in [-0.1, -0.05) is 0 Å². The third-order valence-corrected chi connectivity index (χ3v) is 3.93. The number of hydrogen-bond donors (Lipinski definition) is 0. The number of ether oxygens (including phenoxy) is 1. The van der Waals surface area contributed by atoms with Gasteiger partial charge in [-0.15, -0.1) is 0 Å². The lowest BCUT2D eigenvalue weighted by molar-refractivity contribution is -0.146. The molecule has 0 unspecified atom stereocenters. The van der Waals surface area contributed by atoms with Crippen molar-refractivity contribution in [3.8, 4) is 0 Å². The highest BCUT2D eigenvalue weighted by Gasteiger charge is 2.31. The Morgan fingerprint density at radius 2 is 1.89 bits per heavy atom. The molecule has 2 heterocycles. The standard InChI is InChI=1S/C14H24N2O3/c1-2-19-13(17)11-15-7-5-6-12(10-15)14(18)16-8-3-4-9-16/h12H,2-11H2,1H3/t12-/m1/s1. The number of hydrogen-bond acceptors (Lipinski definition) is 4. The second-order valence-electron chi connectivity index (χ2n) is 5.41. The Morgan fingerprint density at radius 1 is 1.16 bits per heavy atom. The van der Waals surface area contributed by atoms with Crippen molar-refractivity contribution in [2.24, 2.45) is 5.92 Å². The van der Waals surface area contributed by atoms with Gasteiger partial charge < -0.3 is 9.64 Å². The maximum atomic E-state index is 12.3. The molecular formula is C14H24N2O3. The predicted molar refractivity (Wildman–Crippen MR) is 71.6 cm³/mol. The van der Waals surface area contributed by atoms with E-state index in [2.05, 4.69) is 4.90 Å². The van der Waals surface area contributed by atoms with Crippen LogP contribution >= 0.6 is 0 Å². The van der Waals surface area contributed by atoms with Crippen LogP contribution in [0.5, 0.6) is 0 Å². The molecule has 1 atom stereocenters. The van der Waals surface area contributed by atoms with Gasteiger partial charge in [-0.2, -0.15) is 0 Å². The molecular weight excluding hydrogens is 244 g/mol. The number of nitrogens with zero attached hydrogens (tertiary/aromatic N) is 2. The van der Waals surface area contributed by atoms with Crippen LogP contribution in [0, 0.1) is 5.92 Å². The number of rotatable bonds is 4. The third kappa shape index (κ3) is 3.93. The van der Waals surface area contributed by atoms with Crippen molar-refractivity contribution in [1.29, 1.82) is 0 Å².